The highest BCUT2D eigenvalue weighted by molar-refractivity contribution is 7.09. The molecule has 1 heterocycles. The van der Waals surface area contributed by atoms with Gasteiger partial charge in [-0.15, -0.1) is 11.3 Å². The van der Waals surface area contributed by atoms with Crippen molar-refractivity contribution in [3.05, 3.63) is 16.1 Å². The number of aromatic nitrogens is 1. The molecular weight excluding hydrogens is 254 g/mol. The number of aryl methyl sites for hydroxylation is 1. The number of thiazole rings is 1. The molecular formula is C15H27N3S. The monoisotopic (exact) mass is 281 g/mol. The molecule has 0 bridgehead atoms. The van der Waals surface area contributed by atoms with Crippen LogP contribution in [0.4, 0.5) is 0 Å². The van der Waals surface area contributed by atoms with E-state index in [0.717, 1.165) is 19.0 Å². The lowest BCUT2D eigenvalue weighted by atomic mass is 9.84. The highest BCUT2D eigenvalue weighted by atomic mass is 32.1. The summed E-state index contributed by atoms with van der Waals surface area (Å²) in [6.45, 7) is 3.86. The third-order valence-corrected chi connectivity index (χ3v) is 5.38. The fourth-order valence-corrected chi connectivity index (χ4v) is 3.94. The van der Waals surface area contributed by atoms with Crippen LogP contribution in [0.1, 0.15) is 49.1 Å². The van der Waals surface area contributed by atoms with E-state index in [4.69, 9.17) is 5.73 Å². The molecule has 1 atom stereocenters. The first-order valence-corrected chi connectivity index (χ1v) is 8.38. The Morgan fingerprint density at radius 1 is 1.42 bits per heavy atom. The van der Waals surface area contributed by atoms with Gasteiger partial charge in [-0.3, -0.25) is 4.90 Å². The van der Waals surface area contributed by atoms with Crippen LogP contribution in [0.25, 0.3) is 0 Å². The first-order chi connectivity index (χ1) is 9.20. The van der Waals surface area contributed by atoms with Crippen LogP contribution in [-0.4, -0.2) is 29.5 Å². The quantitative estimate of drug-likeness (QED) is 0.871. The zero-order valence-corrected chi connectivity index (χ0v) is 13.1. The van der Waals surface area contributed by atoms with E-state index in [0.29, 0.717) is 6.04 Å². The maximum absolute atomic E-state index is 6.00. The molecule has 0 saturated heterocycles. The summed E-state index contributed by atoms with van der Waals surface area (Å²) in [6, 6.07) is 0.518. The summed E-state index contributed by atoms with van der Waals surface area (Å²) in [4.78, 5) is 8.14. The normalized spacial score (nSPS) is 18.9. The first kappa shape index (κ1) is 14.9. The van der Waals surface area contributed by atoms with Gasteiger partial charge in [0.1, 0.15) is 0 Å². The number of nitrogens with zero attached hydrogens (tertiary/aromatic N) is 2. The van der Waals surface area contributed by atoms with Gasteiger partial charge in [-0.1, -0.05) is 32.1 Å². The molecule has 3 nitrogen and oxygen atoms in total. The van der Waals surface area contributed by atoms with Crippen LogP contribution in [0.2, 0.25) is 0 Å². The van der Waals surface area contributed by atoms with Gasteiger partial charge in [-0.25, -0.2) is 4.98 Å². The fourth-order valence-electron chi connectivity index (χ4n) is 3.10. The van der Waals surface area contributed by atoms with Crippen molar-refractivity contribution in [2.75, 3.05) is 13.6 Å². The maximum atomic E-state index is 6.00. The lowest BCUT2D eigenvalue weighted by Crippen LogP contribution is -2.39. The van der Waals surface area contributed by atoms with Crippen molar-refractivity contribution in [3.63, 3.8) is 0 Å². The molecule has 0 aromatic carbocycles. The summed E-state index contributed by atoms with van der Waals surface area (Å²) >= 11 is 1.76. The van der Waals surface area contributed by atoms with E-state index in [1.165, 1.54) is 49.1 Å². The second-order valence-electron chi connectivity index (χ2n) is 5.91. The van der Waals surface area contributed by atoms with Crippen molar-refractivity contribution in [2.24, 2.45) is 11.7 Å². The Morgan fingerprint density at radius 2 is 2.16 bits per heavy atom. The minimum Gasteiger partial charge on any atom is -0.329 e. The Labute approximate surface area is 121 Å². The first-order valence-electron chi connectivity index (χ1n) is 7.50. The number of likely N-dealkylation sites (N-methyl/N-ethyl adjacent to an activating group) is 1. The standard InChI is InChI=1S/C15H27N3S/c1-12-15(19-11-17-12)10-18(2)14(9-16)8-13-6-4-3-5-7-13/h11,13-14H,3-10,16H2,1-2H3. The third-order valence-electron chi connectivity index (χ3n) is 4.46. The molecule has 19 heavy (non-hydrogen) atoms. The van der Waals surface area contributed by atoms with Gasteiger partial charge in [-0.05, 0) is 26.3 Å². The second kappa shape index (κ2) is 7.36. The van der Waals surface area contributed by atoms with Gasteiger partial charge in [0, 0.05) is 24.0 Å². The molecule has 0 spiro atoms. The summed E-state index contributed by atoms with van der Waals surface area (Å²) in [5.41, 5.74) is 9.12. The molecule has 1 aromatic rings. The van der Waals surface area contributed by atoms with E-state index in [2.05, 4.69) is 23.9 Å². The van der Waals surface area contributed by atoms with E-state index in [1.807, 2.05) is 5.51 Å². The number of nitrogens with two attached hydrogens (primary N) is 1. The summed E-state index contributed by atoms with van der Waals surface area (Å²) < 4.78 is 0. The van der Waals surface area contributed by atoms with Gasteiger partial charge in [0.15, 0.2) is 0 Å². The second-order valence-corrected chi connectivity index (χ2v) is 6.84. The van der Waals surface area contributed by atoms with Gasteiger partial charge in [0.05, 0.1) is 11.2 Å². The summed E-state index contributed by atoms with van der Waals surface area (Å²) in [5.74, 6) is 0.896. The van der Waals surface area contributed by atoms with Crippen LogP contribution in [0.5, 0.6) is 0 Å². The van der Waals surface area contributed by atoms with Crippen LogP contribution >= 0.6 is 11.3 Å². The smallest absolute Gasteiger partial charge is 0.0798 e. The number of rotatable bonds is 6. The Morgan fingerprint density at radius 3 is 2.74 bits per heavy atom. The Balaban J connectivity index is 1.87. The highest BCUT2D eigenvalue weighted by Gasteiger charge is 2.21. The fraction of sp³-hybridized carbons (Fsp3) is 0.800. The molecule has 0 amide bonds. The molecule has 1 saturated carbocycles. The molecule has 0 radical (unpaired) electrons. The largest absolute Gasteiger partial charge is 0.329 e. The SMILES string of the molecule is Cc1ncsc1CN(C)C(CN)CC1CCCCC1. The molecule has 4 heteroatoms. The predicted octanol–water partition coefficient (Wildman–Crippen LogP) is 3.18. The summed E-state index contributed by atoms with van der Waals surface area (Å²) in [6.07, 6.45) is 8.34. The van der Waals surface area contributed by atoms with E-state index in [9.17, 15) is 0 Å². The number of hydrogen-bond acceptors (Lipinski definition) is 4. The third kappa shape index (κ3) is 4.26. The van der Waals surface area contributed by atoms with E-state index < -0.39 is 0 Å². The van der Waals surface area contributed by atoms with Crippen molar-refractivity contribution < 1.29 is 0 Å². The molecule has 1 aliphatic rings. The Bertz CT molecular complexity index is 371. The van der Waals surface area contributed by atoms with Crippen molar-refractivity contribution in [3.8, 4) is 0 Å². The lowest BCUT2D eigenvalue weighted by molar-refractivity contribution is 0.186. The Kier molecular flexibility index (Phi) is 5.79. The molecule has 2 rings (SSSR count). The Hall–Kier alpha value is -0.450. The van der Waals surface area contributed by atoms with Crippen LogP contribution in [0.3, 0.4) is 0 Å². The van der Waals surface area contributed by atoms with Crippen LogP contribution in [-0.2, 0) is 6.54 Å². The van der Waals surface area contributed by atoms with Crippen LogP contribution in [0, 0.1) is 12.8 Å². The molecule has 1 fully saturated rings. The lowest BCUT2D eigenvalue weighted by Gasteiger charge is -2.31. The van der Waals surface area contributed by atoms with Crippen molar-refractivity contribution in [1.82, 2.24) is 9.88 Å². The summed E-state index contributed by atoms with van der Waals surface area (Å²) in [5, 5.41) is 0. The van der Waals surface area contributed by atoms with E-state index in [-0.39, 0.29) is 0 Å². The van der Waals surface area contributed by atoms with Gasteiger partial charge in [0.2, 0.25) is 0 Å². The molecule has 1 aromatic heterocycles. The maximum Gasteiger partial charge on any atom is 0.0798 e. The van der Waals surface area contributed by atoms with Crippen molar-refractivity contribution >= 4 is 11.3 Å². The molecule has 2 N–H and O–H groups in total. The minimum atomic E-state index is 0.518. The highest BCUT2D eigenvalue weighted by Crippen LogP contribution is 2.28. The summed E-state index contributed by atoms with van der Waals surface area (Å²) in [7, 11) is 2.21. The average molecular weight is 281 g/mol. The van der Waals surface area contributed by atoms with Gasteiger partial charge in [0.25, 0.3) is 0 Å². The molecule has 0 aliphatic heterocycles. The zero-order valence-electron chi connectivity index (χ0n) is 12.3. The van der Waals surface area contributed by atoms with E-state index in [1.54, 1.807) is 11.3 Å². The minimum absolute atomic E-state index is 0.518. The zero-order chi connectivity index (χ0) is 13.7. The van der Waals surface area contributed by atoms with Gasteiger partial charge in [-0.2, -0.15) is 0 Å². The van der Waals surface area contributed by atoms with Crippen molar-refractivity contribution in [2.45, 2.75) is 58.0 Å². The van der Waals surface area contributed by atoms with Crippen LogP contribution in [0.15, 0.2) is 5.51 Å². The topological polar surface area (TPSA) is 42.2 Å². The van der Waals surface area contributed by atoms with Gasteiger partial charge < -0.3 is 5.73 Å². The van der Waals surface area contributed by atoms with Gasteiger partial charge >= 0.3 is 0 Å². The average Bonchev–Trinajstić information content (AvgIpc) is 2.82. The molecule has 1 unspecified atom stereocenters. The van der Waals surface area contributed by atoms with E-state index >= 15 is 0 Å². The molecule has 108 valence electrons. The molecule has 1 aliphatic carbocycles. The predicted molar refractivity (Wildman–Crippen MR) is 82.4 cm³/mol. The van der Waals surface area contributed by atoms with Crippen LogP contribution < -0.4 is 5.73 Å². The van der Waals surface area contributed by atoms with Crippen molar-refractivity contribution in [1.29, 1.82) is 0 Å². The number of hydrogen-bond donors (Lipinski definition) is 1.